The van der Waals surface area contributed by atoms with Crippen molar-refractivity contribution in [2.24, 2.45) is 0 Å². The Hall–Kier alpha value is -3.74. The lowest BCUT2D eigenvalue weighted by molar-refractivity contribution is 0.0992. The van der Waals surface area contributed by atoms with E-state index in [1.165, 1.54) is 0 Å². The molecule has 0 saturated carbocycles. The van der Waals surface area contributed by atoms with Crippen molar-refractivity contribution in [3.8, 4) is 17.2 Å². The van der Waals surface area contributed by atoms with Gasteiger partial charge in [-0.2, -0.15) is 0 Å². The Morgan fingerprint density at radius 2 is 1.67 bits per heavy atom. The number of hydrogen-bond acceptors (Lipinski definition) is 6. The zero-order chi connectivity index (χ0) is 21.3. The van der Waals surface area contributed by atoms with Crippen LogP contribution in [-0.2, 0) is 0 Å². The van der Waals surface area contributed by atoms with Gasteiger partial charge in [-0.05, 0) is 30.7 Å². The Labute approximate surface area is 175 Å². The Morgan fingerprint density at radius 1 is 0.967 bits per heavy atom. The fraction of sp³-hybridized carbons (Fsp3) is 0.217. The first-order valence-corrected chi connectivity index (χ1v) is 9.49. The van der Waals surface area contributed by atoms with E-state index in [-0.39, 0.29) is 5.91 Å². The number of anilines is 2. The van der Waals surface area contributed by atoms with Crippen LogP contribution >= 0.6 is 0 Å². The molecule has 0 bridgehead atoms. The molecule has 154 valence electrons. The van der Waals surface area contributed by atoms with Gasteiger partial charge in [0.1, 0.15) is 12.0 Å². The van der Waals surface area contributed by atoms with E-state index in [4.69, 9.17) is 14.2 Å². The highest BCUT2D eigenvalue weighted by molar-refractivity contribution is 6.11. The number of nitrogens with zero attached hydrogens (tertiary/aromatic N) is 2. The summed E-state index contributed by atoms with van der Waals surface area (Å²) in [7, 11) is 4.70. The van der Waals surface area contributed by atoms with Crippen molar-refractivity contribution in [3.63, 3.8) is 0 Å². The summed E-state index contributed by atoms with van der Waals surface area (Å²) in [5, 5.41) is 3.45. The third-order valence-corrected chi connectivity index (χ3v) is 5.08. The SMILES string of the molecule is COc1cc(N[C@@H]2c3ccccc3C(=O)N2c2cc(C)ccn2)cc(OC)c1OC. The summed E-state index contributed by atoms with van der Waals surface area (Å²) in [6, 6.07) is 15.0. The van der Waals surface area contributed by atoms with Gasteiger partial charge in [-0.3, -0.25) is 9.69 Å². The highest BCUT2D eigenvalue weighted by Gasteiger charge is 2.38. The van der Waals surface area contributed by atoms with E-state index in [9.17, 15) is 4.79 Å². The van der Waals surface area contributed by atoms with Crippen molar-refractivity contribution >= 4 is 17.4 Å². The molecule has 7 nitrogen and oxygen atoms in total. The molecule has 1 N–H and O–H groups in total. The molecule has 2 aromatic carbocycles. The van der Waals surface area contributed by atoms with Crippen molar-refractivity contribution < 1.29 is 19.0 Å². The van der Waals surface area contributed by atoms with E-state index in [2.05, 4.69) is 10.3 Å². The van der Waals surface area contributed by atoms with E-state index in [0.717, 1.165) is 16.8 Å². The van der Waals surface area contributed by atoms with Gasteiger partial charge >= 0.3 is 0 Å². The van der Waals surface area contributed by atoms with Gasteiger partial charge < -0.3 is 19.5 Å². The van der Waals surface area contributed by atoms with E-state index in [0.29, 0.717) is 28.6 Å². The quantitative estimate of drug-likeness (QED) is 0.663. The van der Waals surface area contributed by atoms with Crippen LogP contribution in [0, 0.1) is 6.92 Å². The number of aryl methyl sites for hydroxylation is 1. The lowest BCUT2D eigenvalue weighted by Crippen LogP contribution is -2.33. The monoisotopic (exact) mass is 405 g/mol. The Balaban J connectivity index is 1.80. The third kappa shape index (κ3) is 3.28. The molecular formula is C23H23N3O4. The van der Waals surface area contributed by atoms with Crippen LogP contribution in [0.1, 0.15) is 27.7 Å². The Kier molecular flexibility index (Phi) is 5.18. The highest BCUT2D eigenvalue weighted by Crippen LogP contribution is 2.43. The standard InChI is InChI=1S/C23H23N3O4/c1-14-9-10-24-20(11-14)26-22(16-7-5-6-8-17(16)23(26)27)25-15-12-18(28-2)21(30-4)19(13-15)29-3/h5-13,22,25H,1-4H3/t22-/m0/s1. The second kappa shape index (κ2) is 7.94. The maximum absolute atomic E-state index is 13.2. The van der Waals surface area contributed by atoms with Crippen molar-refractivity contribution in [2.45, 2.75) is 13.1 Å². The van der Waals surface area contributed by atoms with Crippen LogP contribution in [0.3, 0.4) is 0 Å². The fourth-order valence-corrected chi connectivity index (χ4v) is 3.67. The van der Waals surface area contributed by atoms with Crippen molar-refractivity contribution in [2.75, 3.05) is 31.5 Å². The lowest BCUT2D eigenvalue weighted by atomic mass is 10.1. The number of ether oxygens (including phenoxy) is 3. The number of carbonyl (C=O) groups is 1. The smallest absolute Gasteiger partial charge is 0.261 e. The predicted molar refractivity (Wildman–Crippen MR) is 115 cm³/mol. The second-order valence-electron chi connectivity index (χ2n) is 6.91. The first kappa shape index (κ1) is 19.6. The fourth-order valence-electron chi connectivity index (χ4n) is 3.67. The number of nitrogens with one attached hydrogen (secondary N) is 1. The molecule has 30 heavy (non-hydrogen) atoms. The van der Waals surface area contributed by atoms with E-state index < -0.39 is 6.17 Å². The van der Waals surface area contributed by atoms with E-state index >= 15 is 0 Å². The molecule has 7 heteroatoms. The zero-order valence-electron chi connectivity index (χ0n) is 17.3. The number of rotatable bonds is 6. The molecular weight excluding hydrogens is 382 g/mol. The van der Waals surface area contributed by atoms with Gasteiger partial charge in [0.2, 0.25) is 5.75 Å². The molecule has 1 amide bonds. The molecule has 1 aromatic heterocycles. The second-order valence-corrected chi connectivity index (χ2v) is 6.91. The summed E-state index contributed by atoms with van der Waals surface area (Å²) in [4.78, 5) is 19.3. The summed E-state index contributed by atoms with van der Waals surface area (Å²) in [6.07, 6.45) is 1.27. The van der Waals surface area contributed by atoms with Gasteiger partial charge in [0.05, 0.1) is 21.3 Å². The molecule has 1 atom stereocenters. The summed E-state index contributed by atoms with van der Waals surface area (Å²) in [5.41, 5.74) is 3.26. The van der Waals surface area contributed by atoms with E-state index in [1.807, 2.05) is 55.5 Å². The molecule has 0 fully saturated rings. The number of aromatic nitrogens is 1. The first-order chi connectivity index (χ1) is 14.6. The van der Waals surface area contributed by atoms with Crippen molar-refractivity contribution in [3.05, 3.63) is 71.4 Å². The van der Waals surface area contributed by atoms with Gasteiger partial charge in [-0.25, -0.2) is 4.98 Å². The summed E-state index contributed by atoms with van der Waals surface area (Å²) < 4.78 is 16.3. The van der Waals surface area contributed by atoms with Gasteiger partial charge in [-0.15, -0.1) is 0 Å². The minimum atomic E-state index is -0.439. The minimum Gasteiger partial charge on any atom is -0.493 e. The molecule has 0 spiro atoms. The summed E-state index contributed by atoms with van der Waals surface area (Å²) >= 11 is 0. The number of fused-ring (bicyclic) bond motifs is 1. The largest absolute Gasteiger partial charge is 0.493 e. The molecule has 1 aliphatic heterocycles. The minimum absolute atomic E-state index is 0.103. The number of carbonyl (C=O) groups excluding carboxylic acids is 1. The number of pyridine rings is 1. The maximum atomic E-state index is 13.2. The average molecular weight is 405 g/mol. The van der Waals surface area contributed by atoms with Crippen LogP contribution in [0.25, 0.3) is 0 Å². The molecule has 0 radical (unpaired) electrons. The van der Waals surface area contributed by atoms with Gasteiger partial charge in [0.25, 0.3) is 5.91 Å². The van der Waals surface area contributed by atoms with Gasteiger partial charge in [-0.1, -0.05) is 18.2 Å². The highest BCUT2D eigenvalue weighted by atomic mass is 16.5. The number of methoxy groups -OCH3 is 3. The number of benzene rings is 2. The third-order valence-electron chi connectivity index (χ3n) is 5.08. The molecule has 1 aliphatic rings. The number of hydrogen-bond donors (Lipinski definition) is 1. The topological polar surface area (TPSA) is 72.9 Å². The van der Waals surface area contributed by atoms with Crippen LogP contribution in [0.2, 0.25) is 0 Å². The van der Waals surface area contributed by atoms with Crippen molar-refractivity contribution in [1.82, 2.24) is 4.98 Å². The first-order valence-electron chi connectivity index (χ1n) is 9.49. The van der Waals surface area contributed by atoms with Crippen LogP contribution in [0.4, 0.5) is 11.5 Å². The summed E-state index contributed by atoms with van der Waals surface area (Å²) in [5.74, 6) is 2.04. The maximum Gasteiger partial charge on any atom is 0.261 e. The van der Waals surface area contributed by atoms with E-state index in [1.54, 1.807) is 32.4 Å². The number of amides is 1. The molecule has 0 aliphatic carbocycles. The normalized spacial score (nSPS) is 15.0. The van der Waals surface area contributed by atoms with Crippen molar-refractivity contribution in [1.29, 1.82) is 0 Å². The molecule has 2 heterocycles. The zero-order valence-corrected chi connectivity index (χ0v) is 17.3. The average Bonchev–Trinajstić information content (AvgIpc) is 3.04. The predicted octanol–water partition coefficient (Wildman–Crippen LogP) is 4.19. The molecule has 0 unspecified atom stereocenters. The van der Waals surface area contributed by atoms with Crippen LogP contribution in [0.15, 0.2) is 54.7 Å². The summed E-state index contributed by atoms with van der Waals surface area (Å²) in [6.45, 7) is 1.97. The molecule has 3 aromatic rings. The molecule has 0 saturated heterocycles. The Morgan fingerprint density at radius 3 is 2.30 bits per heavy atom. The van der Waals surface area contributed by atoms with Crippen LogP contribution in [-0.4, -0.2) is 32.2 Å². The van der Waals surface area contributed by atoms with Crippen LogP contribution in [0.5, 0.6) is 17.2 Å². The van der Waals surface area contributed by atoms with Gasteiger partial charge in [0.15, 0.2) is 11.5 Å². The Bertz CT molecular complexity index is 1070. The van der Waals surface area contributed by atoms with Gasteiger partial charge in [0, 0.05) is 35.1 Å². The van der Waals surface area contributed by atoms with Crippen LogP contribution < -0.4 is 24.4 Å². The lowest BCUT2D eigenvalue weighted by Gasteiger charge is -2.27. The molecule has 4 rings (SSSR count).